The lowest BCUT2D eigenvalue weighted by atomic mass is 9.82. The van der Waals surface area contributed by atoms with E-state index in [9.17, 15) is 29.7 Å². The average molecular weight is 803 g/mol. The van der Waals surface area contributed by atoms with E-state index in [2.05, 4.69) is 5.32 Å². The lowest BCUT2D eigenvalue weighted by Gasteiger charge is -2.36. The second-order valence-electron chi connectivity index (χ2n) is 15.5. The fourth-order valence-corrected chi connectivity index (χ4v) is 8.54. The first kappa shape index (κ1) is 41.6. The molecule has 0 radical (unpaired) electrons. The van der Waals surface area contributed by atoms with Crippen LogP contribution in [-0.4, -0.2) is 83.5 Å². The van der Waals surface area contributed by atoms with Gasteiger partial charge in [-0.05, 0) is 110 Å². The van der Waals surface area contributed by atoms with Gasteiger partial charge in [0.15, 0.2) is 5.60 Å². The maximum absolute atomic E-state index is 14.4. The van der Waals surface area contributed by atoms with E-state index in [1.54, 1.807) is 52.0 Å². The molecule has 3 heterocycles. The molecule has 0 aliphatic carbocycles. The number of hydrogen-bond acceptors (Lipinski definition) is 9. The first-order valence-corrected chi connectivity index (χ1v) is 20.5. The van der Waals surface area contributed by atoms with Crippen LogP contribution < -0.4 is 24.6 Å². The second kappa shape index (κ2) is 18.2. The van der Waals surface area contributed by atoms with Gasteiger partial charge < -0.3 is 39.9 Å². The molecule has 0 bridgehead atoms. The Kier molecular flexibility index (Phi) is 12.8. The van der Waals surface area contributed by atoms with Crippen molar-refractivity contribution in [3.63, 3.8) is 0 Å². The fraction of sp³-hybridized carbons (Fsp3) is 0.383. The minimum absolute atomic E-state index is 0.0481. The predicted octanol–water partition coefficient (Wildman–Crippen LogP) is 5.31. The van der Waals surface area contributed by atoms with Crippen LogP contribution in [0.3, 0.4) is 0 Å². The van der Waals surface area contributed by atoms with Crippen LogP contribution in [0.5, 0.6) is 11.5 Å². The van der Waals surface area contributed by atoms with Gasteiger partial charge in [-0.15, -0.1) is 0 Å². The Morgan fingerprint density at radius 2 is 1.68 bits per heavy atom. The molecule has 4 aromatic carbocycles. The molecule has 3 aliphatic heterocycles. The largest absolute Gasteiger partial charge is 0.497 e. The average Bonchev–Trinajstić information content (AvgIpc) is 3.47. The molecule has 0 aromatic heterocycles. The molecule has 4 aromatic rings. The number of carbonyl (C=O) groups is 3. The number of methoxy groups -OCH3 is 1. The summed E-state index contributed by atoms with van der Waals surface area (Å²) in [5.74, 6) is -0.208. The van der Waals surface area contributed by atoms with Crippen LogP contribution in [0.2, 0.25) is 0 Å². The van der Waals surface area contributed by atoms with Crippen molar-refractivity contribution in [1.29, 1.82) is 0 Å². The van der Waals surface area contributed by atoms with E-state index in [-0.39, 0.29) is 44.0 Å². The van der Waals surface area contributed by atoms with Crippen LogP contribution >= 0.6 is 0 Å². The monoisotopic (exact) mass is 802 g/mol. The lowest BCUT2D eigenvalue weighted by Crippen LogP contribution is -2.49. The summed E-state index contributed by atoms with van der Waals surface area (Å²) in [6.07, 6.45) is 5.94. The maximum atomic E-state index is 14.4. The zero-order valence-corrected chi connectivity index (χ0v) is 34.0. The number of benzene rings is 4. The summed E-state index contributed by atoms with van der Waals surface area (Å²) in [6.45, 7) is 5.34. The number of hydrogen-bond donors (Lipinski definition) is 4. The quantitative estimate of drug-likeness (QED) is 0.0874. The van der Waals surface area contributed by atoms with Gasteiger partial charge in [0.05, 0.1) is 50.3 Å². The molecule has 0 saturated carbocycles. The van der Waals surface area contributed by atoms with E-state index in [0.29, 0.717) is 61.6 Å². The van der Waals surface area contributed by atoms with Gasteiger partial charge in [-0.1, -0.05) is 55.5 Å². The molecular weight excluding hydrogens is 749 g/mol. The number of amides is 3. The van der Waals surface area contributed by atoms with Crippen molar-refractivity contribution in [2.24, 2.45) is 5.92 Å². The van der Waals surface area contributed by atoms with Gasteiger partial charge in [-0.2, -0.15) is 0 Å². The highest BCUT2D eigenvalue weighted by Gasteiger charge is 2.52. The summed E-state index contributed by atoms with van der Waals surface area (Å²) < 4.78 is 11.3. The lowest BCUT2D eigenvalue weighted by molar-refractivity contribution is -0.139. The molecule has 59 heavy (non-hydrogen) atoms. The normalized spacial score (nSPS) is 20.4. The summed E-state index contributed by atoms with van der Waals surface area (Å²) in [5, 5.41) is 35.1. The Balaban J connectivity index is 1.09. The van der Waals surface area contributed by atoms with Crippen molar-refractivity contribution in [2.75, 3.05) is 43.3 Å². The zero-order valence-electron chi connectivity index (χ0n) is 34.0. The van der Waals surface area contributed by atoms with E-state index in [0.717, 1.165) is 40.1 Å². The molecule has 12 heteroatoms. The summed E-state index contributed by atoms with van der Waals surface area (Å²) in [7, 11) is 1.53. The minimum Gasteiger partial charge on any atom is -0.497 e. The van der Waals surface area contributed by atoms with Crippen LogP contribution in [0.4, 0.5) is 17.1 Å². The standard InChI is InChI=1S/C47H54N4O8/c1-4-59-39-19-20-42-35(25-39)26-41(48-22-7-8-23-52)45(55)51(42)36-16-14-32(15-17-36)28-50-43-21-18-38(58-3)27-40(43)47(57,46(50)56)31(2)10-9-13-44(54)49-29-34-12-6-5-11-33(34)24-37(49)30-53/h5-6,9-12,14-21,25,27,31,37,41,48,52-53,57H,4,7-8,13,22-24,26,28-30H2,1-3H3/b10-9+/t31-,37-,41?,47+/m0/s1. The molecular formula is C47H54N4O8. The molecule has 0 spiro atoms. The summed E-state index contributed by atoms with van der Waals surface area (Å²) >= 11 is 0. The molecule has 0 fully saturated rings. The number of anilines is 3. The van der Waals surface area contributed by atoms with Crippen molar-refractivity contribution in [1.82, 2.24) is 10.2 Å². The van der Waals surface area contributed by atoms with Crippen molar-refractivity contribution in [3.8, 4) is 11.5 Å². The zero-order chi connectivity index (χ0) is 41.7. The number of carbonyl (C=O) groups excluding carboxylic acids is 3. The van der Waals surface area contributed by atoms with Crippen LogP contribution in [0.1, 0.15) is 60.9 Å². The van der Waals surface area contributed by atoms with Gasteiger partial charge in [-0.3, -0.25) is 19.3 Å². The van der Waals surface area contributed by atoms with Crippen molar-refractivity contribution in [2.45, 2.75) is 76.7 Å². The minimum atomic E-state index is -1.94. The van der Waals surface area contributed by atoms with E-state index >= 15 is 0 Å². The SMILES string of the molecule is CCOc1ccc2c(c1)CC(NCCCCO)C(=O)N2c1ccc(CN2C(=O)[C@@](O)([C@@H](C)/C=C/CC(=O)N3Cc4ccccc4C[C@H]3CO)c3cc(OC)ccc32)cc1. The number of nitrogens with zero attached hydrogens (tertiary/aromatic N) is 3. The number of aliphatic hydroxyl groups excluding tert-OH is 2. The topological polar surface area (TPSA) is 152 Å². The third-order valence-corrected chi connectivity index (χ3v) is 11.8. The second-order valence-corrected chi connectivity index (χ2v) is 15.5. The molecule has 4 N–H and O–H groups in total. The van der Waals surface area contributed by atoms with Gasteiger partial charge in [-0.25, -0.2) is 0 Å². The Bertz CT molecular complexity index is 2190. The number of unbranched alkanes of at least 4 members (excludes halogenated alkanes) is 1. The van der Waals surface area contributed by atoms with Crippen molar-refractivity contribution >= 4 is 34.8 Å². The summed E-state index contributed by atoms with van der Waals surface area (Å²) in [5.41, 5.74) is 4.43. The molecule has 3 amide bonds. The van der Waals surface area contributed by atoms with Crippen LogP contribution in [-0.2, 0) is 45.9 Å². The summed E-state index contributed by atoms with van der Waals surface area (Å²) in [4.78, 5) is 46.9. The predicted molar refractivity (Wildman–Crippen MR) is 226 cm³/mol. The van der Waals surface area contributed by atoms with Gasteiger partial charge in [0.1, 0.15) is 11.5 Å². The molecule has 7 rings (SSSR count). The number of fused-ring (bicyclic) bond motifs is 3. The van der Waals surface area contributed by atoms with E-state index in [4.69, 9.17) is 9.47 Å². The molecule has 4 atom stereocenters. The van der Waals surface area contributed by atoms with Gasteiger partial charge in [0.25, 0.3) is 5.91 Å². The Hall–Kier alpha value is -5.53. The van der Waals surface area contributed by atoms with Crippen LogP contribution in [0.15, 0.2) is 97.1 Å². The number of nitrogens with one attached hydrogen (secondary N) is 1. The Morgan fingerprint density at radius 1 is 0.932 bits per heavy atom. The maximum Gasteiger partial charge on any atom is 0.264 e. The third-order valence-electron chi connectivity index (χ3n) is 11.8. The van der Waals surface area contributed by atoms with Gasteiger partial charge >= 0.3 is 0 Å². The van der Waals surface area contributed by atoms with Crippen LogP contribution in [0.25, 0.3) is 0 Å². The molecule has 1 unspecified atom stereocenters. The number of rotatable bonds is 16. The van der Waals surface area contributed by atoms with Crippen molar-refractivity contribution in [3.05, 3.63) is 125 Å². The van der Waals surface area contributed by atoms with E-state index < -0.39 is 23.5 Å². The first-order chi connectivity index (χ1) is 28.6. The highest BCUT2D eigenvalue weighted by Crippen LogP contribution is 2.47. The highest BCUT2D eigenvalue weighted by molar-refractivity contribution is 6.08. The Labute approximate surface area is 345 Å². The van der Waals surface area contributed by atoms with Gasteiger partial charge in [0.2, 0.25) is 11.8 Å². The molecule has 0 saturated heterocycles. The molecule has 310 valence electrons. The first-order valence-electron chi connectivity index (χ1n) is 20.5. The number of aliphatic hydroxyl groups is 3. The number of ether oxygens (including phenoxy) is 2. The van der Waals surface area contributed by atoms with E-state index in [1.165, 1.54) is 7.11 Å². The third kappa shape index (κ3) is 8.36. The smallest absolute Gasteiger partial charge is 0.264 e. The highest BCUT2D eigenvalue weighted by atomic mass is 16.5. The molecule has 12 nitrogen and oxygen atoms in total. The van der Waals surface area contributed by atoms with Gasteiger partial charge in [0, 0.05) is 36.7 Å². The fourth-order valence-electron chi connectivity index (χ4n) is 8.54. The van der Waals surface area contributed by atoms with Crippen LogP contribution in [0, 0.1) is 5.92 Å². The van der Waals surface area contributed by atoms with Crippen molar-refractivity contribution < 1.29 is 39.2 Å². The molecule has 3 aliphatic rings. The summed E-state index contributed by atoms with van der Waals surface area (Å²) in [6, 6.07) is 25.6. The van der Waals surface area contributed by atoms with E-state index in [1.807, 2.05) is 73.7 Å². The Morgan fingerprint density at radius 3 is 2.41 bits per heavy atom.